The number of nitrogens with two attached hydrogens (primary N) is 1. The third-order valence-electron chi connectivity index (χ3n) is 4.04. The molecule has 2 amide bonds. The fraction of sp³-hybridized carbons (Fsp3) is 0.348. The quantitative estimate of drug-likeness (QED) is 0.187. The van der Waals surface area contributed by atoms with E-state index in [0.29, 0.717) is 0 Å². The third-order valence-corrected chi connectivity index (χ3v) is 4.71. The van der Waals surface area contributed by atoms with Crippen molar-refractivity contribution in [2.75, 3.05) is 5.73 Å². The highest BCUT2D eigenvalue weighted by Crippen LogP contribution is 2.29. The van der Waals surface area contributed by atoms with Gasteiger partial charge < -0.3 is 24.8 Å². The Kier molecular flexibility index (Phi) is 9.87. The van der Waals surface area contributed by atoms with Gasteiger partial charge in [0.15, 0.2) is 16.6 Å². The Bertz CT molecular complexity index is 1270. The summed E-state index contributed by atoms with van der Waals surface area (Å²) in [5, 5.41) is 5.40. The van der Waals surface area contributed by atoms with E-state index in [1.807, 2.05) is 0 Å². The zero-order valence-electron chi connectivity index (χ0n) is 21.4. The van der Waals surface area contributed by atoms with E-state index in [4.69, 9.17) is 24.8 Å². The number of carbonyl (C=O) groups excluding carboxylic acids is 5. The normalized spacial score (nSPS) is 12.1. The number of hydrogen-bond donors (Lipinski definition) is 3. The molecule has 2 rings (SSSR count). The van der Waals surface area contributed by atoms with Crippen LogP contribution in [0.5, 0.6) is 11.5 Å². The molecule has 0 aliphatic rings. The minimum absolute atomic E-state index is 0.0302. The number of esters is 3. The highest BCUT2D eigenvalue weighted by Gasteiger charge is 2.26. The zero-order valence-corrected chi connectivity index (χ0v) is 22.3. The molecule has 0 bridgehead atoms. The van der Waals surface area contributed by atoms with Gasteiger partial charge in [0.25, 0.3) is 11.8 Å². The van der Waals surface area contributed by atoms with Gasteiger partial charge in [0.1, 0.15) is 11.3 Å². The third kappa shape index (κ3) is 9.16. The van der Waals surface area contributed by atoms with Crippen molar-refractivity contribution in [1.29, 1.82) is 0 Å². The first-order valence-electron chi connectivity index (χ1n) is 11.0. The number of benzene rings is 1. The van der Waals surface area contributed by atoms with Crippen LogP contribution in [0.25, 0.3) is 0 Å². The fourth-order valence-electron chi connectivity index (χ4n) is 2.51. The number of aromatic nitrogens is 1. The molecule has 1 atom stereocenters. The van der Waals surface area contributed by atoms with E-state index in [9.17, 15) is 24.0 Å². The van der Waals surface area contributed by atoms with Gasteiger partial charge >= 0.3 is 17.9 Å². The Hall–Kier alpha value is -4.53. The van der Waals surface area contributed by atoms with Crippen molar-refractivity contribution >= 4 is 51.9 Å². The summed E-state index contributed by atoms with van der Waals surface area (Å²) in [6.45, 7) is 8.60. The lowest BCUT2D eigenvalue weighted by Crippen LogP contribution is -2.46. The van der Waals surface area contributed by atoms with Gasteiger partial charge in [-0.05, 0) is 45.9 Å². The van der Waals surface area contributed by atoms with Crippen molar-refractivity contribution in [3.05, 3.63) is 34.8 Å². The molecule has 0 aliphatic carbocycles. The molecule has 38 heavy (non-hydrogen) atoms. The maximum atomic E-state index is 12.6. The minimum Gasteiger partial charge on any atom is -0.455 e. The first-order chi connectivity index (χ1) is 17.7. The topological polar surface area (TPSA) is 198 Å². The van der Waals surface area contributed by atoms with Crippen LogP contribution in [0.4, 0.5) is 5.13 Å². The van der Waals surface area contributed by atoms with Crippen molar-refractivity contribution in [3.63, 3.8) is 0 Å². The molecule has 1 aromatic carbocycles. The van der Waals surface area contributed by atoms with Crippen LogP contribution in [0.2, 0.25) is 0 Å². The lowest BCUT2D eigenvalue weighted by Gasteiger charge is -2.19. The smallest absolute Gasteiger partial charge is 0.363 e. The molecule has 0 spiro atoms. The van der Waals surface area contributed by atoms with Gasteiger partial charge in [-0.15, -0.1) is 11.3 Å². The summed E-state index contributed by atoms with van der Waals surface area (Å²) in [6.07, 6.45) is -1.27. The number of amides is 2. The number of nitrogens with zero attached hydrogens (tertiary/aromatic N) is 2. The molecular formula is C23H27N5O9S. The number of carbonyl (C=O) groups is 5. The van der Waals surface area contributed by atoms with Gasteiger partial charge in [-0.1, -0.05) is 5.16 Å². The van der Waals surface area contributed by atoms with Gasteiger partial charge in [-0.2, -0.15) is 0 Å². The number of hydrogen-bond acceptors (Lipinski definition) is 13. The zero-order chi connectivity index (χ0) is 28.6. The van der Waals surface area contributed by atoms with Crippen molar-refractivity contribution in [2.24, 2.45) is 5.16 Å². The van der Waals surface area contributed by atoms with Crippen LogP contribution < -0.4 is 26.1 Å². The summed E-state index contributed by atoms with van der Waals surface area (Å²) < 4.78 is 15.2. The number of thiazole rings is 1. The van der Waals surface area contributed by atoms with Crippen molar-refractivity contribution in [3.8, 4) is 11.5 Å². The molecule has 0 saturated carbocycles. The molecule has 0 aliphatic heterocycles. The largest absolute Gasteiger partial charge is 0.455 e. The van der Waals surface area contributed by atoms with Crippen molar-refractivity contribution in [1.82, 2.24) is 15.8 Å². The van der Waals surface area contributed by atoms with E-state index in [2.05, 4.69) is 21.0 Å². The van der Waals surface area contributed by atoms with Crippen molar-refractivity contribution < 1.29 is 43.0 Å². The number of rotatable bonds is 8. The Morgan fingerprint density at radius 3 is 2.21 bits per heavy atom. The monoisotopic (exact) mass is 549 g/mol. The molecule has 0 saturated heterocycles. The van der Waals surface area contributed by atoms with E-state index in [1.165, 1.54) is 24.4 Å². The number of hydrazine groups is 1. The molecule has 1 heterocycles. The molecular weight excluding hydrogens is 522 g/mol. The summed E-state index contributed by atoms with van der Waals surface area (Å²) in [5.74, 6) is -4.06. The molecule has 14 nitrogen and oxygen atoms in total. The first kappa shape index (κ1) is 29.7. The number of ether oxygens (including phenoxy) is 3. The Balaban J connectivity index is 2.09. The molecule has 0 radical (unpaired) electrons. The maximum Gasteiger partial charge on any atom is 0.363 e. The van der Waals surface area contributed by atoms with Gasteiger partial charge in [-0.25, -0.2) is 9.78 Å². The van der Waals surface area contributed by atoms with E-state index in [-0.39, 0.29) is 33.6 Å². The second-order valence-electron chi connectivity index (χ2n) is 8.55. The minimum atomic E-state index is -1.27. The molecule has 4 N–H and O–H groups in total. The Labute approximate surface area is 221 Å². The predicted octanol–water partition coefficient (Wildman–Crippen LogP) is 1.49. The Morgan fingerprint density at radius 1 is 1.03 bits per heavy atom. The molecule has 2 aromatic rings. The van der Waals surface area contributed by atoms with Gasteiger partial charge in [0.2, 0.25) is 11.8 Å². The first-order valence-corrected chi connectivity index (χ1v) is 11.8. The SMILES string of the molecule is CC(=O)Oc1ccc(C(=O)NNC(=O)C(C)ON=C(C(=O)OC(C)(C)C)c2csc(N)n2)cc1OC(C)=O. The lowest BCUT2D eigenvalue weighted by atomic mass is 10.2. The van der Waals surface area contributed by atoms with Gasteiger partial charge in [-0.3, -0.25) is 30.0 Å². The summed E-state index contributed by atoms with van der Waals surface area (Å²) in [5.41, 5.74) is 8.88. The van der Waals surface area contributed by atoms with E-state index < -0.39 is 41.4 Å². The van der Waals surface area contributed by atoms with Gasteiger partial charge in [0, 0.05) is 24.8 Å². The van der Waals surface area contributed by atoms with Crippen LogP contribution in [0.15, 0.2) is 28.7 Å². The highest BCUT2D eigenvalue weighted by molar-refractivity contribution is 7.13. The standard InChI is InChI=1S/C23H27N5O9S/c1-11(37-28-18(15-10-38-22(24)25-15)21(33)36-23(4,5)6)19(31)26-27-20(32)14-7-8-16(34-12(2)29)17(9-14)35-13(3)30/h7-11H,1-6H3,(H2,24,25)(H,26,31)(H,27,32). The summed E-state index contributed by atoms with van der Waals surface area (Å²) >= 11 is 1.07. The van der Waals surface area contributed by atoms with Gasteiger partial charge in [0.05, 0.1) is 0 Å². The molecule has 204 valence electrons. The summed E-state index contributed by atoms with van der Waals surface area (Å²) in [4.78, 5) is 69.2. The lowest BCUT2D eigenvalue weighted by molar-refractivity contribution is -0.146. The van der Waals surface area contributed by atoms with Crippen LogP contribution in [0.3, 0.4) is 0 Å². The number of nitrogens with one attached hydrogen (secondary N) is 2. The average molecular weight is 550 g/mol. The summed E-state index contributed by atoms with van der Waals surface area (Å²) in [7, 11) is 0. The van der Waals surface area contributed by atoms with E-state index >= 15 is 0 Å². The van der Waals surface area contributed by atoms with E-state index in [0.717, 1.165) is 31.3 Å². The second-order valence-corrected chi connectivity index (χ2v) is 9.44. The van der Waals surface area contributed by atoms with Crippen LogP contribution in [-0.4, -0.2) is 52.1 Å². The van der Waals surface area contributed by atoms with Crippen LogP contribution in [0, 0.1) is 0 Å². The molecule has 1 aromatic heterocycles. The number of anilines is 1. The number of oxime groups is 1. The Morgan fingerprint density at radius 2 is 1.66 bits per heavy atom. The molecule has 1 unspecified atom stereocenters. The van der Waals surface area contributed by atoms with Crippen molar-refractivity contribution in [2.45, 2.75) is 53.2 Å². The van der Waals surface area contributed by atoms with Crippen LogP contribution in [0.1, 0.15) is 57.6 Å². The highest BCUT2D eigenvalue weighted by atomic mass is 32.1. The second kappa shape index (κ2) is 12.6. The van der Waals surface area contributed by atoms with E-state index in [1.54, 1.807) is 20.8 Å². The predicted molar refractivity (Wildman–Crippen MR) is 134 cm³/mol. The average Bonchev–Trinajstić information content (AvgIpc) is 3.22. The number of nitrogen functional groups attached to an aromatic ring is 1. The van der Waals surface area contributed by atoms with Crippen LogP contribution >= 0.6 is 11.3 Å². The molecule has 0 fully saturated rings. The molecule has 15 heteroatoms. The maximum absolute atomic E-state index is 12.6. The fourth-order valence-corrected chi connectivity index (χ4v) is 3.05. The van der Waals surface area contributed by atoms with Crippen LogP contribution in [-0.2, 0) is 28.8 Å². The summed E-state index contributed by atoms with van der Waals surface area (Å²) in [6, 6.07) is 3.68.